The minimum Gasteiger partial charge on any atom is -0.411 e. The maximum Gasteiger partial charge on any atom is 0.277 e. The second kappa shape index (κ2) is 8.19. The van der Waals surface area contributed by atoms with Crippen LogP contribution in [0.15, 0.2) is 64.2 Å². The number of benzene rings is 2. The summed E-state index contributed by atoms with van der Waals surface area (Å²) in [6.45, 7) is 6.45. The van der Waals surface area contributed by atoms with Crippen molar-refractivity contribution >= 4 is 23.4 Å². The molecule has 1 heterocycles. The van der Waals surface area contributed by atoms with Gasteiger partial charge in [0.25, 0.3) is 5.22 Å². The summed E-state index contributed by atoms with van der Waals surface area (Å²) >= 11 is 1.28. The summed E-state index contributed by atoms with van der Waals surface area (Å²) in [5.41, 5.74) is 2.93. The lowest BCUT2D eigenvalue weighted by molar-refractivity contribution is -0.117. The molecule has 0 radical (unpaired) electrons. The first kappa shape index (κ1) is 18.2. The number of aromatic nitrogens is 2. The van der Waals surface area contributed by atoms with E-state index in [4.69, 9.17) is 4.42 Å². The van der Waals surface area contributed by atoms with Crippen LogP contribution in [-0.4, -0.2) is 27.9 Å². The normalized spacial score (nSPS) is 12.0. The maximum atomic E-state index is 12.8. The highest BCUT2D eigenvalue weighted by atomic mass is 32.2. The van der Waals surface area contributed by atoms with Crippen LogP contribution in [0.5, 0.6) is 0 Å². The van der Waals surface area contributed by atoms with E-state index in [1.807, 2.05) is 75.4 Å². The lowest BCUT2D eigenvalue weighted by Gasteiger charge is -2.23. The molecular weight excluding hydrogens is 346 g/mol. The Hall–Kier alpha value is -2.60. The SMILES string of the molecule is CCN(C(=O)C(C)Sc1nnc(-c2ccc(C)cc2)o1)c1ccccc1. The lowest BCUT2D eigenvalue weighted by atomic mass is 10.1. The molecule has 0 fully saturated rings. The van der Waals surface area contributed by atoms with Crippen molar-refractivity contribution < 1.29 is 9.21 Å². The van der Waals surface area contributed by atoms with Crippen molar-refractivity contribution in [2.45, 2.75) is 31.2 Å². The van der Waals surface area contributed by atoms with Crippen LogP contribution in [0.2, 0.25) is 0 Å². The highest BCUT2D eigenvalue weighted by Crippen LogP contribution is 2.28. The maximum absolute atomic E-state index is 12.8. The second-order valence-electron chi connectivity index (χ2n) is 5.92. The Kier molecular flexibility index (Phi) is 5.73. The van der Waals surface area contributed by atoms with Gasteiger partial charge in [-0.2, -0.15) is 0 Å². The third-order valence-corrected chi connectivity index (χ3v) is 4.90. The molecule has 1 amide bonds. The van der Waals surface area contributed by atoms with Crippen molar-refractivity contribution in [1.82, 2.24) is 10.2 Å². The van der Waals surface area contributed by atoms with Gasteiger partial charge in [-0.25, -0.2) is 0 Å². The molecule has 6 heteroatoms. The highest BCUT2D eigenvalue weighted by Gasteiger charge is 2.24. The molecule has 1 aromatic heterocycles. The van der Waals surface area contributed by atoms with Crippen molar-refractivity contribution in [3.8, 4) is 11.5 Å². The Bertz CT molecular complexity index is 862. The number of anilines is 1. The van der Waals surface area contributed by atoms with Gasteiger partial charge in [0.05, 0.1) is 5.25 Å². The minimum atomic E-state index is -0.332. The Balaban J connectivity index is 1.70. The fourth-order valence-corrected chi connectivity index (χ4v) is 3.31. The average molecular weight is 367 g/mol. The Morgan fingerprint density at radius 3 is 2.46 bits per heavy atom. The number of amides is 1. The van der Waals surface area contributed by atoms with Crippen molar-refractivity contribution in [2.24, 2.45) is 0 Å². The van der Waals surface area contributed by atoms with E-state index >= 15 is 0 Å². The Morgan fingerprint density at radius 1 is 1.12 bits per heavy atom. The quantitative estimate of drug-likeness (QED) is 0.597. The van der Waals surface area contributed by atoms with Crippen LogP contribution in [0.3, 0.4) is 0 Å². The molecular formula is C20H21N3O2S. The first-order valence-corrected chi connectivity index (χ1v) is 9.40. The molecule has 0 saturated carbocycles. The standard InChI is InChI=1S/C20H21N3O2S/c1-4-23(17-8-6-5-7-9-17)19(24)15(3)26-20-22-21-18(25-20)16-12-10-14(2)11-13-16/h5-13,15H,4H2,1-3H3. The summed E-state index contributed by atoms with van der Waals surface area (Å²) in [5.74, 6) is 0.473. The summed E-state index contributed by atoms with van der Waals surface area (Å²) in [6.07, 6.45) is 0. The summed E-state index contributed by atoms with van der Waals surface area (Å²) in [6, 6.07) is 17.5. The molecule has 0 aliphatic heterocycles. The van der Waals surface area contributed by atoms with Gasteiger partial charge in [0.1, 0.15) is 0 Å². The number of para-hydroxylation sites is 1. The Morgan fingerprint density at radius 2 is 1.81 bits per heavy atom. The molecule has 134 valence electrons. The Labute approximate surface area is 157 Å². The van der Waals surface area contributed by atoms with E-state index in [1.165, 1.54) is 17.3 Å². The van der Waals surface area contributed by atoms with Gasteiger partial charge >= 0.3 is 0 Å². The third-order valence-electron chi connectivity index (χ3n) is 3.98. The highest BCUT2D eigenvalue weighted by molar-refractivity contribution is 8.00. The number of carbonyl (C=O) groups excluding carboxylic acids is 1. The zero-order valence-corrected chi connectivity index (χ0v) is 15.9. The topological polar surface area (TPSA) is 59.2 Å². The molecule has 2 aromatic carbocycles. The third kappa shape index (κ3) is 4.14. The fourth-order valence-electron chi connectivity index (χ4n) is 2.56. The molecule has 5 nitrogen and oxygen atoms in total. The molecule has 3 aromatic rings. The molecule has 0 aliphatic carbocycles. The summed E-state index contributed by atoms with van der Waals surface area (Å²) < 4.78 is 5.72. The van der Waals surface area contributed by atoms with Crippen LogP contribution in [0, 0.1) is 6.92 Å². The summed E-state index contributed by atoms with van der Waals surface area (Å²) in [5, 5.41) is 8.22. The number of hydrogen-bond donors (Lipinski definition) is 0. The molecule has 3 rings (SSSR count). The first-order chi connectivity index (χ1) is 12.6. The van der Waals surface area contributed by atoms with Crippen LogP contribution in [0.4, 0.5) is 5.69 Å². The van der Waals surface area contributed by atoms with Crippen molar-refractivity contribution in [2.75, 3.05) is 11.4 Å². The van der Waals surface area contributed by atoms with E-state index < -0.39 is 0 Å². The predicted molar refractivity (Wildman–Crippen MR) is 104 cm³/mol. The molecule has 0 saturated heterocycles. The first-order valence-electron chi connectivity index (χ1n) is 8.52. The monoisotopic (exact) mass is 367 g/mol. The van der Waals surface area contributed by atoms with Gasteiger partial charge in [0, 0.05) is 17.8 Å². The van der Waals surface area contributed by atoms with Crippen LogP contribution in [0.1, 0.15) is 19.4 Å². The van der Waals surface area contributed by atoms with Crippen LogP contribution in [0.25, 0.3) is 11.5 Å². The van der Waals surface area contributed by atoms with Crippen LogP contribution < -0.4 is 4.90 Å². The van der Waals surface area contributed by atoms with Crippen molar-refractivity contribution in [3.05, 3.63) is 60.2 Å². The van der Waals surface area contributed by atoms with Gasteiger partial charge in [-0.1, -0.05) is 47.7 Å². The summed E-state index contributed by atoms with van der Waals surface area (Å²) in [7, 11) is 0. The van der Waals surface area contributed by atoms with Crippen LogP contribution in [-0.2, 0) is 4.79 Å². The zero-order valence-electron chi connectivity index (χ0n) is 15.0. The number of nitrogens with zero attached hydrogens (tertiary/aromatic N) is 3. The van der Waals surface area contributed by atoms with E-state index in [9.17, 15) is 4.79 Å². The van der Waals surface area contributed by atoms with E-state index in [0.717, 1.165) is 11.3 Å². The second-order valence-corrected chi connectivity index (χ2v) is 7.21. The fraction of sp³-hybridized carbons (Fsp3) is 0.250. The lowest BCUT2D eigenvalue weighted by Crippen LogP contribution is -2.36. The molecule has 1 unspecified atom stereocenters. The number of thioether (sulfide) groups is 1. The molecule has 0 bridgehead atoms. The van der Waals surface area contributed by atoms with E-state index in [2.05, 4.69) is 10.2 Å². The minimum absolute atomic E-state index is 0.0128. The van der Waals surface area contributed by atoms with Gasteiger partial charge in [-0.15, -0.1) is 10.2 Å². The average Bonchev–Trinajstić information content (AvgIpc) is 3.12. The van der Waals surface area contributed by atoms with Gasteiger partial charge in [-0.05, 0) is 45.0 Å². The molecule has 0 spiro atoms. The predicted octanol–water partition coefficient (Wildman–Crippen LogP) is 4.58. The van der Waals surface area contributed by atoms with Crippen molar-refractivity contribution in [1.29, 1.82) is 0 Å². The number of hydrogen-bond acceptors (Lipinski definition) is 5. The van der Waals surface area contributed by atoms with Crippen molar-refractivity contribution in [3.63, 3.8) is 0 Å². The summed E-state index contributed by atoms with van der Waals surface area (Å²) in [4.78, 5) is 14.6. The van der Waals surface area contributed by atoms with E-state index in [1.54, 1.807) is 4.90 Å². The van der Waals surface area contributed by atoms with Gasteiger partial charge in [0.15, 0.2) is 0 Å². The van der Waals surface area contributed by atoms with Gasteiger partial charge < -0.3 is 9.32 Å². The smallest absolute Gasteiger partial charge is 0.277 e. The van der Waals surface area contributed by atoms with E-state index in [0.29, 0.717) is 17.7 Å². The number of carbonyl (C=O) groups is 1. The molecule has 0 aliphatic rings. The largest absolute Gasteiger partial charge is 0.411 e. The van der Waals surface area contributed by atoms with E-state index in [-0.39, 0.29) is 11.2 Å². The van der Waals surface area contributed by atoms with Crippen LogP contribution >= 0.6 is 11.8 Å². The number of rotatable bonds is 6. The zero-order chi connectivity index (χ0) is 18.5. The molecule has 0 N–H and O–H groups in total. The number of aryl methyl sites for hydroxylation is 1. The molecule has 1 atom stereocenters. The van der Waals surface area contributed by atoms with Gasteiger partial charge in [0.2, 0.25) is 11.8 Å². The van der Waals surface area contributed by atoms with Gasteiger partial charge in [-0.3, -0.25) is 4.79 Å². The molecule has 26 heavy (non-hydrogen) atoms.